The number of nitrogens with one attached hydrogen (secondary N) is 2. The standard InChI is InChI=1S/C22H32N6O.C17H17N3O5/c1-26-11-16-17(12-26)18(16)13-27-6-7-28-14(10-27)9-25-22(24)20(28)8-19(23)15-4-2-3-5-21(15)29;21-14-4-3-13(15(22)18-14)20-16(23)11-2-1-10(9-12(11)17(20)24)19-5-7-25-8-6-19/h2-5,8,14,16-18,25,29H,6-7,9-13,23-24H2,1H3;1-2,9,13H,3-8H2,(H,18,21,22)/b19-8-;. The van der Waals surface area contributed by atoms with Gasteiger partial charge in [-0.05, 0) is 67.6 Å². The minimum Gasteiger partial charge on any atom is -0.507 e. The number of amides is 4. The molecule has 4 atom stereocenters. The van der Waals surface area contributed by atoms with Crippen molar-refractivity contribution in [2.75, 3.05) is 84.1 Å². The van der Waals surface area contributed by atoms with Crippen LogP contribution in [0.1, 0.15) is 39.1 Å². The van der Waals surface area contributed by atoms with Crippen LogP contribution < -0.4 is 27.0 Å². The Hall–Kier alpha value is -5.12. The maximum Gasteiger partial charge on any atom is 0.262 e. The van der Waals surface area contributed by atoms with Gasteiger partial charge in [0.25, 0.3) is 11.8 Å². The van der Waals surface area contributed by atoms with Crippen molar-refractivity contribution < 1.29 is 29.0 Å². The van der Waals surface area contributed by atoms with E-state index in [-0.39, 0.29) is 24.5 Å². The van der Waals surface area contributed by atoms with Crippen molar-refractivity contribution >= 4 is 35.0 Å². The number of anilines is 1. The number of piperazine rings is 1. The Morgan fingerprint density at radius 1 is 0.963 bits per heavy atom. The Morgan fingerprint density at radius 2 is 1.70 bits per heavy atom. The largest absolute Gasteiger partial charge is 0.507 e. The van der Waals surface area contributed by atoms with Crippen LogP contribution in [0.25, 0.3) is 5.70 Å². The number of nitrogens with zero attached hydrogens (tertiary/aromatic N) is 5. The average Bonchev–Trinajstić information content (AvgIpc) is 3.49. The molecule has 4 unspecified atom stereocenters. The van der Waals surface area contributed by atoms with E-state index < -0.39 is 23.8 Å². The quantitative estimate of drug-likeness (QED) is 0.252. The minimum absolute atomic E-state index is 0.114. The van der Waals surface area contributed by atoms with Crippen molar-refractivity contribution in [1.82, 2.24) is 30.2 Å². The van der Waals surface area contributed by atoms with Gasteiger partial charge in [0, 0.05) is 82.3 Å². The third kappa shape index (κ3) is 6.87. The molecule has 6 aliphatic heterocycles. The molecule has 2 aromatic carbocycles. The number of nitrogens with two attached hydrogens (primary N) is 2. The third-order valence-electron chi connectivity index (χ3n) is 12.0. The molecular formula is C39H49N9O6. The van der Waals surface area contributed by atoms with E-state index in [1.54, 1.807) is 24.3 Å². The van der Waals surface area contributed by atoms with E-state index in [1.807, 2.05) is 24.3 Å². The van der Waals surface area contributed by atoms with E-state index in [0.29, 0.717) is 47.5 Å². The average molecular weight is 740 g/mol. The molecule has 4 amide bonds. The molecule has 9 rings (SSSR count). The fraction of sp³-hybridized carbons (Fsp3) is 0.487. The number of carbonyl (C=O) groups excluding carboxylic acids is 4. The number of hydrogen-bond acceptors (Lipinski definition) is 13. The lowest BCUT2D eigenvalue weighted by atomic mass is 10.0. The summed E-state index contributed by atoms with van der Waals surface area (Å²) in [5.41, 5.74) is 16.2. The van der Waals surface area contributed by atoms with Gasteiger partial charge in [0.1, 0.15) is 17.6 Å². The molecule has 2 aromatic rings. The zero-order valence-corrected chi connectivity index (χ0v) is 30.6. The van der Waals surface area contributed by atoms with Crippen molar-refractivity contribution in [2.45, 2.75) is 24.9 Å². The summed E-state index contributed by atoms with van der Waals surface area (Å²) < 4.78 is 5.33. The molecule has 7 aliphatic rings. The highest BCUT2D eigenvalue weighted by atomic mass is 16.5. The van der Waals surface area contributed by atoms with Crippen LogP contribution in [0.5, 0.6) is 5.75 Å². The van der Waals surface area contributed by atoms with E-state index in [2.05, 4.69) is 37.3 Å². The summed E-state index contributed by atoms with van der Waals surface area (Å²) in [6, 6.07) is 11.7. The molecule has 6 heterocycles. The number of piperidine rings is 2. The van der Waals surface area contributed by atoms with Gasteiger partial charge in [-0.3, -0.25) is 34.3 Å². The number of carbonyl (C=O) groups is 4. The number of phenolic OH excluding ortho intramolecular Hbond substituents is 1. The van der Waals surface area contributed by atoms with Gasteiger partial charge in [0.15, 0.2) is 0 Å². The van der Waals surface area contributed by atoms with Crippen LogP contribution in [0.4, 0.5) is 5.69 Å². The van der Waals surface area contributed by atoms with Crippen molar-refractivity contribution in [3.05, 3.63) is 76.7 Å². The lowest BCUT2D eigenvalue weighted by Crippen LogP contribution is -2.59. The molecule has 54 heavy (non-hydrogen) atoms. The topological polar surface area (TPSA) is 190 Å². The van der Waals surface area contributed by atoms with Crippen molar-refractivity contribution in [3.8, 4) is 5.75 Å². The fourth-order valence-electron chi connectivity index (χ4n) is 9.06. The highest BCUT2D eigenvalue weighted by molar-refractivity contribution is 6.23. The molecule has 7 N–H and O–H groups in total. The predicted octanol–water partition coefficient (Wildman–Crippen LogP) is 0.141. The summed E-state index contributed by atoms with van der Waals surface area (Å²) in [6.07, 6.45) is 2.18. The molecule has 5 fully saturated rings. The highest BCUT2D eigenvalue weighted by Gasteiger charge is 2.55. The van der Waals surface area contributed by atoms with Gasteiger partial charge < -0.3 is 41.3 Å². The number of benzene rings is 2. The van der Waals surface area contributed by atoms with Gasteiger partial charge in [-0.15, -0.1) is 0 Å². The van der Waals surface area contributed by atoms with Gasteiger partial charge >= 0.3 is 0 Å². The number of imide groups is 2. The molecule has 1 aliphatic carbocycles. The van der Waals surface area contributed by atoms with Crippen LogP contribution in [0, 0.1) is 17.8 Å². The SMILES string of the molecule is CN1CC2C(C1)C2CN1CCN2C(/C=C(\N)c3ccccc3O)=C(N)NCC2C1.O=C1CCC(N2C(=O)c3ccc(N4CCOCC4)cc3C2=O)C(=O)N1. The maximum absolute atomic E-state index is 12.8. The van der Waals surface area contributed by atoms with Crippen molar-refractivity contribution in [1.29, 1.82) is 0 Å². The van der Waals surface area contributed by atoms with Crippen LogP contribution in [0.2, 0.25) is 0 Å². The first kappa shape index (κ1) is 35.9. The highest BCUT2D eigenvalue weighted by Crippen LogP contribution is 2.51. The second-order valence-electron chi connectivity index (χ2n) is 15.4. The Balaban J connectivity index is 0.000000155. The molecule has 286 valence electrons. The Kier molecular flexibility index (Phi) is 9.71. The molecule has 0 spiro atoms. The summed E-state index contributed by atoms with van der Waals surface area (Å²) in [5, 5.41) is 15.7. The van der Waals surface area contributed by atoms with Crippen LogP contribution in [-0.4, -0.2) is 140 Å². The Bertz CT molecular complexity index is 1900. The lowest BCUT2D eigenvalue weighted by Gasteiger charge is -2.46. The van der Waals surface area contributed by atoms with E-state index in [0.717, 1.165) is 73.3 Å². The first-order chi connectivity index (χ1) is 26.1. The molecular weight excluding hydrogens is 690 g/mol. The second kappa shape index (κ2) is 14.6. The smallest absolute Gasteiger partial charge is 0.262 e. The van der Waals surface area contributed by atoms with Crippen LogP contribution >= 0.6 is 0 Å². The van der Waals surface area contributed by atoms with Crippen molar-refractivity contribution in [2.24, 2.45) is 29.2 Å². The monoisotopic (exact) mass is 739 g/mol. The molecule has 1 saturated carbocycles. The number of para-hydroxylation sites is 1. The van der Waals surface area contributed by atoms with Gasteiger partial charge in [-0.2, -0.15) is 0 Å². The number of hydrogen-bond donors (Lipinski definition) is 5. The first-order valence-corrected chi connectivity index (χ1v) is 18.9. The van der Waals surface area contributed by atoms with E-state index in [9.17, 15) is 24.3 Å². The zero-order valence-electron chi connectivity index (χ0n) is 30.6. The summed E-state index contributed by atoms with van der Waals surface area (Å²) in [4.78, 5) is 59.3. The summed E-state index contributed by atoms with van der Waals surface area (Å²) in [5.74, 6) is 1.65. The number of ether oxygens (including phenoxy) is 1. The number of fused-ring (bicyclic) bond motifs is 3. The van der Waals surface area contributed by atoms with E-state index in [1.165, 1.54) is 19.6 Å². The van der Waals surface area contributed by atoms with Gasteiger partial charge in [-0.1, -0.05) is 12.1 Å². The normalized spacial score (nSPS) is 28.6. The van der Waals surface area contributed by atoms with Crippen LogP contribution in [-0.2, 0) is 14.3 Å². The number of morpholine rings is 1. The Labute approximate surface area is 314 Å². The summed E-state index contributed by atoms with van der Waals surface area (Å²) >= 11 is 0. The zero-order chi connectivity index (χ0) is 37.7. The molecule has 0 radical (unpaired) electrons. The molecule has 15 nitrogen and oxygen atoms in total. The van der Waals surface area contributed by atoms with E-state index in [4.69, 9.17) is 16.2 Å². The van der Waals surface area contributed by atoms with Gasteiger partial charge in [-0.25, -0.2) is 0 Å². The number of aromatic hydroxyl groups is 1. The molecule has 0 aromatic heterocycles. The van der Waals surface area contributed by atoms with Gasteiger partial charge in [0.2, 0.25) is 11.8 Å². The number of allylic oxidation sites excluding steroid dienone is 1. The molecule has 15 heteroatoms. The summed E-state index contributed by atoms with van der Waals surface area (Å²) in [7, 11) is 2.24. The van der Waals surface area contributed by atoms with E-state index >= 15 is 0 Å². The minimum atomic E-state index is -0.933. The molecule has 4 saturated heterocycles. The van der Waals surface area contributed by atoms with Crippen LogP contribution in [0.15, 0.2) is 60.1 Å². The fourth-order valence-corrected chi connectivity index (χ4v) is 9.06. The number of likely N-dealkylation sites (tertiary alicyclic amines) is 1. The third-order valence-corrected chi connectivity index (χ3v) is 12.0. The number of phenols is 1. The van der Waals surface area contributed by atoms with Crippen LogP contribution in [0.3, 0.4) is 0 Å². The predicted molar refractivity (Wildman–Crippen MR) is 201 cm³/mol. The maximum atomic E-state index is 12.8. The number of rotatable bonds is 6. The Morgan fingerprint density at radius 3 is 2.44 bits per heavy atom. The second-order valence-corrected chi connectivity index (χ2v) is 15.4. The van der Waals surface area contributed by atoms with Crippen molar-refractivity contribution in [3.63, 3.8) is 0 Å². The first-order valence-electron chi connectivity index (χ1n) is 18.9. The molecule has 0 bridgehead atoms. The lowest BCUT2D eigenvalue weighted by molar-refractivity contribution is -0.136. The van der Waals surface area contributed by atoms with Gasteiger partial charge in [0.05, 0.1) is 36.1 Å². The summed E-state index contributed by atoms with van der Waals surface area (Å²) in [6.45, 7) is 10.4.